The van der Waals surface area contributed by atoms with Gasteiger partial charge in [-0.3, -0.25) is 13.9 Å². The molecule has 0 unspecified atom stereocenters. The first-order valence-electron chi connectivity index (χ1n) is 13.3. The van der Waals surface area contributed by atoms with E-state index in [4.69, 9.17) is 34.8 Å². The maximum atomic E-state index is 14.2. The molecule has 220 valence electrons. The average Bonchev–Trinajstić information content (AvgIpc) is 2.94. The van der Waals surface area contributed by atoms with Crippen molar-refractivity contribution in [2.45, 2.75) is 64.1 Å². The van der Waals surface area contributed by atoms with Gasteiger partial charge in [0.1, 0.15) is 12.6 Å². The van der Waals surface area contributed by atoms with E-state index >= 15 is 0 Å². The summed E-state index contributed by atoms with van der Waals surface area (Å²) in [4.78, 5) is 28.9. The highest BCUT2D eigenvalue weighted by Crippen LogP contribution is 2.35. The number of hydrogen-bond donors (Lipinski definition) is 1. The number of carbonyl (C=O) groups is 2. The van der Waals surface area contributed by atoms with Crippen LogP contribution >= 0.6 is 34.8 Å². The van der Waals surface area contributed by atoms with E-state index in [1.807, 2.05) is 20.8 Å². The van der Waals surface area contributed by atoms with Crippen LogP contribution in [0.4, 0.5) is 5.69 Å². The molecule has 1 N–H and O–H groups in total. The standard InChI is InChI=1S/C30H34Cl3N3O4S/c1-5-21(4)34-30(38)26(6-2)35(18-22-10-7-8-11-24(22)31)28(37)19-36(27-13-9-12-25(32)29(27)33)41(39,40)23-16-14-20(3)15-17-23/h7-17,21,26H,5-6,18-19H2,1-4H3,(H,34,38)/t21-,26-/m1/s1. The van der Waals surface area contributed by atoms with Crippen LogP contribution in [0.2, 0.25) is 15.1 Å². The van der Waals surface area contributed by atoms with Crippen LogP contribution in [0.15, 0.2) is 71.6 Å². The molecule has 0 aliphatic rings. The summed E-state index contributed by atoms with van der Waals surface area (Å²) in [5, 5.41) is 3.48. The number of halogens is 3. The molecule has 2 atom stereocenters. The fourth-order valence-corrected chi connectivity index (χ4v) is 6.28. The zero-order valence-electron chi connectivity index (χ0n) is 23.4. The van der Waals surface area contributed by atoms with Crippen LogP contribution < -0.4 is 9.62 Å². The van der Waals surface area contributed by atoms with Gasteiger partial charge in [0.2, 0.25) is 11.8 Å². The van der Waals surface area contributed by atoms with Crippen LogP contribution in [0, 0.1) is 6.92 Å². The van der Waals surface area contributed by atoms with Crippen molar-refractivity contribution in [2.75, 3.05) is 10.8 Å². The Kier molecular flexibility index (Phi) is 11.5. The van der Waals surface area contributed by atoms with Gasteiger partial charge in [-0.15, -0.1) is 0 Å². The Morgan fingerprint density at radius 2 is 1.51 bits per heavy atom. The van der Waals surface area contributed by atoms with E-state index in [1.54, 1.807) is 49.4 Å². The van der Waals surface area contributed by atoms with Gasteiger partial charge in [-0.25, -0.2) is 8.42 Å². The molecule has 0 aromatic heterocycles. The van der Waals surface area contributed by atoms with Gasteiger partial charge >= 0.3 is 0 Å². The second-order valence-corrected chi connectivity index (χ2v) is 12.8. The number of nitrogens with zero attached hydrogens (tertiary/aromatic N) is 2. The first kappa shape index (κ1) is 32.7. The predicted octanol–water partition coefficient (Wildman–Crippen LogP) is 6.87. The lowest BCUT2D eigenvalue weighted by Crippen LogP contribution is -2.53. The largest absolute Gasteiger partial charge is 0.352 e. The molecule has 41 heavy (non-hydrogen) atoms. The molecule has 0 aliphatic carbocycles. The van der Waals surface area contributed by atoms with Crippen molar-refractivity contribution >= 4 is 62.3 Å². The molecule has 3 rings (SSSR count). The Morgan fingerprint density at radius 3 is 2.12 bits per heavy atom. The summed E-state index contributed by atoms with van der Waals surface area (Å²) in [5.41, 5.74) is 1.53. The zero-order chi connectivity index (χ0) is 30.3. The molecule has 2 amide bonds. The summed E-state index contributed by atoms with van der Waals surface area (Å²) >= 11 is 19.2. The van der Waals surface area contributed by atoms with E-state index in [0.29, 0.717) is 23.4 Å². The number of anilines is 1. The minimum atomic E-state index is -4.28. The molecular weight excluding hydrogens is 605 g/mol. The average molecular weight is 639 g/mol. The summed E-state index contributed by atoms with van der Waals surface area (Å²) in [6, 6.07) is 16.9. The highest BCUT2D eigenvalue weighted by Gasteiger charge is 2.35. The fraction of sp³-hybridized carbons (Fsp3) is 0.333. The quantitative estimate of drug-likeness (QED) is 0.235. The second-order valence-electron chi connectivity index (χ2n) is 9.75. The molecule has 11 heteroatoms. The number of rotatable bonds is 12. The van der Waals surface area contributed by atoms with Crippen molar-refractivity contribution in [3.05, 3.63) is 92.9 Å². The van der Waals surface area contributed by atoms with Gasteiger partial charge in [-0.05, 0) is 62.6 Å². The summed E-state index contributed by atoms with van der Waals surface area (Å²) < 4.78 is 28.9. The van der Waals surface area contributed by atoms with E-state index in [1.165, 1.54) is 29.2 Å². The predicted molar refractivity (Wildman–Crippen MR) is 166 cm³/mol. The summed E-state index contributed by atoms with van der Waals surface area (Å²) in [5.74, 6) is -0.946. The highest BCUT2D eigenvalue weighted by molar-refractivity contribution is 7.92. The third-order valence-electron chi connectivity index (χ3n) is 6.77. The Bertz CT molecular complexity index is 1480. The molecule has 0 radical (unpaired) electrons. The molecule has 0 fully saturated rings. The molecule has 0 spiro atoms. The number of carbonyl (C=O) groups excluding carboxylic acids is 2. The van der Waals surface area contributed by atoms with Gasteiger partial charge in [0.05, 0.1) is 20.6 Å². The van der Waals surface area contributed by atoms with E-state index in [0.717, 1.165) is 9.87 Å². The molecule has 0 saturated heterocycles. The number of hydrogen-bond acceptors (Lipinski definition) is 4. The molecule has 0 heterocycles. The monoisotopic (exact) mass is 637 g/mol. The SMILES string of the molecule is CC[C@@H](C)NC(=O)[C@@H](CC)N(Cc1ccccc1Cl)C(=O)CN(c1cccc(Cl)c1Cl)S(=O)(=O)c1ccc(C)cc1. The first-order chi connectivity index (χ1) is 19.4. The van der Waals surface area contributed by atoms with Gasteiger partial charge in [0.25, 0.3) is 10.0 Å². The minimum Gasteiger partial charge on any atom is -0.352 e. The number of benzene rings is 3. The number of amides is 2. The van der Waals surface area contributed by atoms with Gasteiger partial charge < -0.3 is 10.2 Å². The van der Waals surface area contributed by atoms with E-state index in [2.05, 4.69) is 5.32 Å². The summed E-state index contributed by atoms with van der Waals surface area (Å²) in [6.45, 7) is 6.82. The lowest BCUT2D eigenvalue weighted by atomic mass is 10.1. The maximum Gasteiger partial charge on any atom is 0.264 e. The number of aryl methyl sites for hydroxylation is 1. The molecule has 7 nitrogen and oxygen atoms in total. The third kappa shape index (κ3) is 7.95. The molecule has 0 aliphatic heterocycles. The van der Waals surface area contributed by atoms with Gasteiger partial charge in [-0.2, -0.15) is 0 Å². The number of sulfonamides is 1. The smallest absolute Gasteiger partial charge is 0.264 e. The fourth-order valence-electron chi connectivity index (χ4n) is 4.21. The van der Waals surface area contributed by atoms with Crippen molar-refractivity contribution in [3.63, 3.8) is 0 Å². The van der Waals surface area contributed by atoms with Crippen LogP contribution in [0.25, 0.3) is 0 Å². The maximum absolute atomic E-state index is 14.2. The van der Waals surface area contributed by atoms with Crippen molar-refractivity contribution in [2.24, 2.45) is 0 Å². The lowest BCUT2D eigenvalue weighted by Gasteiger charge is -2.34. The molecule has 0 saturated carbocycles. The van der Waals surface area contributed by atoms with Crippen molar-refractivity contribution in [1.82, 2.24) is 10.2 Å². The van der Waals surface area contributed by atoms with E-state index < -0.39 is 28.5 Å². The van der Waals surface area contributed by atoms with Crippen LogP contribution in [-0.2, 0) is 26.2 Å². The van der Waals surface area contributed by atoms with Crippen LogP contribution in [0.3, 0.4) is 0 Å². The van der Waals surface area contributed by atoms with Crippen molar-refractivity contribution in [3.8, 4) is 0 Å². The third-order valence-corrected chi connectivity index (χ3v) is 9.72. The summed E-state index contributed by atoms with van der Waals surface area (Å²) in [6.07, 6.45) is 0.998. The molecule has 3 aromatic carbocycles. The Morgan fingerprint density at radius 1 is 0.878 bits per heavy atom. The highest BCUT2D eigenvalue weighted by atomic mass is 35.5. The molecular formula is C30H34Cl3N3O4S. The lowest BCUT2D eigenvalue weighted by molar-refractivity contribution is -0.140. The second kappa shape index (κ2) is 14.4. The number of nitrogens with one attached hydrogen (secondary N) is 1. The first-order valence-corrected chi connectivity index (χ1v) is 15.8. The van der Waals surface area contributed by atoms with Gasteiger partial charge in [-0.1, -0.05) is 90.6 Å². The topological polar surface area (TPSA) is 86.8 Å². The normalized spacial score (nSPS) is 12.9. The van der Waals surface area contributed by atoms with Crippen molar-refractivity contribution < 1.29 is 18.0 Å². The zero-order valence-corrected chi connectivity index (χ0v) is 26.5. The summed E-state index contributed by atoms with van der Waals surface area (Å²) in [7, 11) is -4.28. The Hall–Kier alpha value is -2.78. The molecule has 0 bridgehead atoms. The Balaban J connectivity index is 2.11. The molecule has 3 aromatic rings. The van der Waals surface area contributed by atoms with E-state index in [-0.39, 0.29) is 39.1 Å². The van der Waals surface area contributed by atoms with Crippen LogP contribution in [-0.4, -0.2) is 43.8 Å². The van der Waals surface area contributed by atoms with Crippen molar-refractivity contribution in [1.29, 1.82) is 0 Å². The van der Waals surface area contributed by atoms with E-state index in [9.17, 15) is 18.0 Å². The van der Waals surface area contributed by atoms with Crippen LogP contribution in [0.5, 0.6) is 0 Å². The Labute approximate surface area is 257 Å². The van der Waals surface area contributed by atoms with Crippen LogP contribution in [0.1, 0.15) is 44.7 Å². The van der Waals surface area contributed by atoms with Gasteiger partial charge in [0, 0.05) is 17.6 Å². The minimum absolute atomic E-state index is 0.00730. The van der Waals surface area contributed by atoms with Gasteiger partial charge in [0.15, 0.2) is 0 Å².